The molecule has 0 aromatic carbocycles. The predicted octanol–water partition coefficient (Wildman–Crippen LogP) is 1.13. The third-order valence-electron chi connectivity index (χ3n) is 2.79. The van der Waals surface area contributed by atoms with E-state index in [1.807, 2.05) is 13.8 Å². The van der Waals surface area contributed by atoms with Gasteiger partial charge in [0, 0.05) is 18.8 Å². The zero-order valence-electron chi connectivity index (χ0n) is 9.53. The average Bonchev–Trinajstić information content (AvgIpc) is 2.63. The van der Waals surface area contributed by atoms with E-state index in [-0.39, 0.29) is 11.8 Å². The molecular weight excluding hydrogens is 270 g/mol. The van der Waals surface area contributed by atoms with E-state index in [9.17, 15) is 4.79 Å². The lowest BCUT2D eigenvalue weighted by Gasteiger charge is -2.30. The maximum Gasteiger partial charge on any atom is 0.262 e. The molecule has 0 aromatic heterocycles. The molecule has 1 amide bonds. The van der Waals surface area contributed by atoms with Crippen molar-refractivity contribution in [3.63, 3.8) is 0 Å². The van der Waals surface area contributed by atoms with E-state index in [1.165, 1.54) is 0 Å². The summed E-state index contributed by atoms with van der Waals surface area (Å²) in [6.07, 6.45) is 1.78. The smallest absolute Gasteiger partial charge is 0.262 e. The normalized spacial score (nSPS) is 20.1. The Morgan fingerprint density at radius 2 is 1.75 bits per heavy atom. The molecule has 94 valence electrons. The number of nitrogens with one attached hydrogen (secondary N) is 2. The summed E-state index contributed by atoms with van der Waals surface area (Å²) in [6, 6.07) is 0. The summed E-state index contributed by atoms with van der Waals surface area (Å²) in [5.41, 5.74) is 0. The highest BCUT2D eigenvalue weighted by molar-refractivity contribution is 6.68. The molecule has 1 saturated heterocycles. The zero-order valence-corrected chi connectivity index (χ0v) is 11.8. The van der Waals surface area contributed by atoms with E-state index >= 15 is 0 Å². The number of alkyl halides is 3. The van der Waals surface area contributed by atoms with Crippen molar-refractivity contribution >= 4 is 40.7 Å². The molecule has 3 nitrogen and oxygen atoms in total. The van der Waals surface area contributed by atoms with E-state index in [2.05, 4.69) is 5.32 Å². The van der Waals surface area contributed by atoms with Gasteiger partial charge in [-0.05, 0) is 0 Å². The summed E-state index contributed by atoms with van der Waals surface area (Å²) >= 11 is 17.8. The Hall–Kier alpha value is 0.300. The Balaban J connectivity index is 2.68. The molecule has 0 aliphatic carbocycles. The Bertz CT molecular complexity index is 247. The lowest BCUT2D eigenvalue weighted by Crippen LogP contribution is -3.17. The fourth-order valence-electron chi connectivity index (χ4n) is 1.84. The summed E-state index contributed by atoms with van der Waals surface area (Å²) in [5, 5.41) is 2.83. The Kier molecular flexibility index (Phi) is 5.17. The monoisotopic (exact) mass is 287 g/mol. The first-order chi connectivity index (χ1) is 7.32. The maximum absolute atomic E-state index is 11.7. The number of quaternary nitrogens is 1. The molecule has 1 rings (SSSR count). The number of hydrogen-bond donors (Lipinski definition) is 2. The highest BCUT2D eigenvalue weighted by Gasteiger charge is 2.43. The molecule has 1 unspecified atom stereocenters. The van der Waals surface area contributed by atoms with Gasteiger partial charge in [0.1, 0.15) is 0 Å². The number of rotatable bonds is 3. The van der Waals surface area contributed by atoms with E-state index in [0.717, 1.165) is 30.8 Å². The number of halogens is 3. The molecule has 0 aromatic rings. The number of hydrogen-bond acceptors (Lipinski definition) is 1. The largest absolute Gasteiger partial charge is 0.312 e. The molecule has 0 spiro atoms. The van der Waals surface area contributed by atoms with Crippen molar-refractivity contribution in [1.82, 2.24) is 5.32 Å². The lowest BCUT2D eigenvalue weighted by molar-refractivity contribution is -0.915. The zero-order chi connectivity index (χ0) is 12.3. The quantitative estimate of drug-likeness (QED) is 0.750. The highest BCUT2D eigenvalue weighted by atomic mass is 35.6. The van der Waals surface area contributed by atoms with Crippen LogP contribution in [0.1, 0.15) is 26.7 Å². The van der Waals surface area contributed by atoms with Crippen LogP contribution in [0.25, 0.3) is 0 Å². The van der Waals surface area contributed by atoms with Crippen LogP contribution in [0.5, 0.6) is 0 Å². The second-order valence-electron chi connectivity index (χ2n) is 4.50. The lowest BCUT2D eigenvalue weighted by atomic mass is 10.2. The van der Waals surface area contributed by atoms with Crippen LogP contribution in [0.2, 0.25) is 0 Å². The number of carbonyl (C=O) groups is 1. The summed E-state index contributed by atoms with van der Waals surface area (Å²) in [6.45, 7) is 5.53. The van der Waals surface area contributed by atoms with Crippen molar-refractivity contribution in [2.24, 2.45) is 5.92 Å². The topological polar surface area (TPSA) is 33.5 Å². The van der Waals surface area contributed by atoms with Gasteiger partial charge in [-0.3, -0.25) is 4.79 Å². The van der Waals surface area contributed by atoms with Crippen molar-refractivity contribution < 1.29 is 9.69 Å². The molecule has 1 aliphatic rings. The highest BCUT2D eigenvalue weighted by Crippen LogP contribution is 2.28. The molecule has 1 atom stereocenters. The summed E-state index contributed by atoms with van der Waals surface area (Å²) in [5.74, 6) is -0.174. The molecule has 1 fully saturated rings. The second kappa shape index (κ2) is 5.76. The van der Waals surface area contributed by atoms with E-state index in [1.54, 1.807) is 0 Å². The first-order valence-corrected chi connectivity index (χ1v) is 6.67. The van der Waals surface area contributed by atoms with Crippen molar-refractivity contribution in [2.75, 3.05) is 13.1 Å². The fraction of sp³-hybridized carbons (Fsp3) is 0.900. The van der Waals surface area contributed by atoms with Crippen LogP contribution in [0, 0.1) is 5.92 Å². The minimum atomic E-state index is -1.45. The second-order valence-corrected chi connectivity index (χ2v) is 6.87. The molecule has 6 heteroatoms. The van der Waals surface area contributed by atoms with Crippen molar-refractivity contribution in [1.29, 1.82) is 0 Å². The molecule has 0 radical (unpaired) electrons. The molecule has 1 heterocycles. The molecule has 0 bridgehead atoms. The SMILES string of the molecule is CC(C)C(=O)NC([NH+]1CCCC1)C(Cl)(Cl)Cl. The van der Waals surface area contributed by atoms with Crippen LogP contribution < -0.4 is 10.2 Å². The summed E-state index contributed by atoms with van der Waals surface area (Å²) < 4.78 is -1.45. The van der Waals surface area contributed by atoms with Gasteiger partial charge in [-0.25, -0.2) is 0 Å². The molecule has 2 N–H and O–H groups in total. The van der Waals surface area contributed by atoms with Gasteiger partial charge in [0.2, 0.25) is 12.1 Å². The summed E-state index contributed by atoms with van der Waals surface area (Å²) in [7, 11) is 0. The standard InChI is InChI=1S/C10H17Cl3N2O/c1-7(2)8(16)14-9(10(11,12)13)15-5-3-4-6-15/h7,9H,3-6H2,1-2H3,(H,14,16)/p+1. The number of amides is 1. The van der Waals surface area contributed by atoms with E-state index in [4.69, 9.17) is 34.8 Å². The Morgan fingerprint density at radius 3 is 2.12 bits per heavy atom. The van der Waals surface area contributed by atoms with Crippen LogP contribution >= 0.6 is 34.8 Å². The van der Waals surface area contributed by atoms with Gasteiger partial charge >= 0.3 is 0 Å². The van der Waals surface area contributed by atoms with Crippen LogP contribution in [-0.2, 0) is 4.79 Å². The van der Waals surface area contributed by atoms with Gasteiger partial charge in [0.15, 0.2) is 0 Å². The molecule has 1 aliphatic heterocycles. The van der Waals surface area contributed by atoms with Gasteiger partial charge < -0.3 is 10.2 Å². The Morgan fingerprint density at radius 1 is 1.25 bits per heavy atom. The third-order valence-corrected chi connectivity index (χ3v) is 3.45. The first-order valence-electron chi connectivity index (χ1n) is 5.54. The number of carbonyl (C=O) groups excluding carboxylic acids is 1. The maximum atomic E-state index is 11.7. The van der Waals surface area contributed by atoms with Gasteiger partial charge in [-0.2, -0.15) is 0 Å². The van der Waals surface area contributed by atoms with Crippen molar-refractivity contribution in [3.05, 3.63) is 0 Å². The van der Waals surface area contributed by atoms with Gasteiger partial charge in [-0.1, -0.05) is 48.7 Å². The summed E-state index contributed by atoms with van der Waals surface area (Å²) in [4.78, 5) is 12.8. The van der Waals surface area contributed by atoms with E-state index in [0.29, 0.717) is 0 Å². The molecular formula is C10H18Cl3N2O+. The van der Waals surface area contributed by atoms with Crippen LogP contribution in [0.3, 0.4) is 0 Å². The minimum absolute atomic E-state index is 0.0734. The van der Waals surface area contributed by atoms with E-state index < -0.39 is 9.96 Å². The Labute approximate surface area is 111 Å². The third kappa shape index (κ3) is 3.95. The fourth-order valence-corrected chi connectivity index (χ4v) is 2.47. The van der Waals surface area contributed by atoms with Gasteiger partial charge in [0.05, 0.1) is 13.1 Å². The van der Waals surface area contributed by atoms with Crippen LogP contribution in [-0.4, -0.2) is 29.0 Å². The van der Waals surface area contributed by atoms with Crippen LogP contribution in [0.4, 0.5) is 0 Å². The van der Waals surface area contributed by atoms with Crippen molar-refractivity contribution in [2.45, 2.75) is 36.6 Å². The number of likely N-dealkylation sites (tertiary alicyclic amines) is 1. The predicted molar refractivity (Wildman–Crippen MR) is 67.0 cm³/mol. The average molecular weight is 289 g/mol. The molecule has 16 heavy (non-hydrogen) atoms. The van der Waals surface area contributed by atoms with Crippen LogP contribution in [0.15, 0.2) is 0 Å². The first kappa shape index (κ1) is 14.4. The van der Waals surface area contributed by atoms with Gasteiger partial charge in [0.25, 0.3) is 3.79 Å². The van der Waals surface area contributed by atoms with Crippen molar-refractivity contribution in [3.8, 4) is 0 Å². The molecule has 0 saturated carbocycles. The van der Waals surface area contributed by atoms with Gasteiger partial charge in [-0.15, -0.1) is 0 Å². The minimum Gasteiger partial charge on any atom is -0.312 e.